The van der Waals surface area contributed by atoms with Crippen molar-refractivity contribution >= 4 is 45.5 Å². The molecule has 1 aromatic carbocycles. The Kier molecular flexibility index (Phi) is 3.59. The van der Waals surface area contributed by atoms with E-state index >= 15 is 0 Å². The molecule has 2 rings (SSSR count). The molecule has 0 aliphatic heterocycles. The molecular formula is C12H10ClIOS. The lowest BCUT2D eigenvalue weighted by molar-refractivity contribution is 0.106. The Hall–Kier alpha value is -0.100. The van der Waals surface area contributed by atoms with Crippen LogP contribution in [-0.2, 0) is 5.60 Å². The van der Waals surface area contributed by atoms with Crippen molar-refractivity contribution < 1.29 is 5.11 Å². The first-order valence-corrected chi connectivity index (χ1v) is 7.07. The molecule has 0 saturated heterocycles. The van der Waals surface area contributed by atoms with Crippen molar-refractivity contribution in [3.8, 4) is 0 Å². The lowest BCUT2D eigenvalue weighted by Crippen LogP contribution is -2.21. The molecule has 4 heteroatoms. The first-order chi connectivity index (χ1) is 7.51. The average Bonchev–Trinajstić information content (AvgIpc) is 2.66. The summed E-state index contributed by atoms with van der Waals surface area (Å²) in [6.07, 6.45) is 0. The standard InChI is InChI=1S/C12H10ClIOS/c1-12(15,11-10(13)6-7-16-11)8-2-4-9(14)5-3-8/h2-7,15H,1H3. The van der Waals surface area contributed by atoms with Crippen molar-refractivity contribution in [2.24, 2.45) is 0 Å². The van der Waals surface area contributed by atoms with Gasteiger partial charge in [0.05, 0.1) is 9.90 Å². The molecule has 0 saturated carbocycles. The number of halogens is 2. The van der Waals surface area contributed by atoms with Crippen LogP contribution >= 0.6 is 45.5 Å². The number of hydrogen-bond acceptors (Lipinski definition) is 2. The van der Waals surface area contributed by atoms with Gasteiger partial charge in [-0.2, -0.15) is 0 Å². The quantitative estimate of drug-likeness (QED) is 0.789. The summed E-state index contributed by atoms with van der Waals surface area (Å²) in [6.45, 7) is 1.77. The van der Waals surface area contributed by atoms with Gasteiger partial charge in [-0.1, -0.05) is 23.7 Å². The summed E-state index contributed by atoms with van der Waals surface area (Å²) in [5.74, 6) is 0. The second-order valence-corrected chi connectivity index (χ2v) is 6.25. The van der Waals surface area contributed by atoms with Crippen LogP contribution in [0.2, 0.25) is 5.02 Å². The molecule has 0 bridgehead atoms. The normalized spacial score (nSPS) is 14.8. The van der Waals surface area contributed by atoms with Crippen LogP contribution in [0.25, 0.3) is 0 Å². The van der Waals surface area contributed by atoms with Crippen LogP contribution in [0.5, 0.6) is 0 Å². The Morgan fingerprint density at radius 1 is 1.25 bits per heavy atom. The average molecular weight is 365 g/mol. The third-order valence-electron chi connectivity index (χ3n) is 2.47. The zero-order valence-corrected chi connectivity index (χ0v) is 12.3. The van der Waals surface area contributed by atoms with Gasteiger partial charge in [0.2, 0.25) is 0 Å². The van der Waals surface area contributed by atoms with E-state index in [1.807, 2.05) is 35.7 Å². The fourth-order valence-corrected chi connectivity index (χ4v) is 3.23. The third-order valence-corrected chi connectivity index (χ3v) is 4.74. The Bertz CT molecular complexity index is 490. The lowest BCUT2D eigenvalue weighted by atomic mass is 9.94. The Morgan fingerprint density at radius 2 is 1.88 bits per heavy atom. The van der Waals surface area contributed by atoms with Gasteiger partial charge >= 0.3 is 0 Å². The fraction of sp³-hybridized carbons (Fsp3) is 0.167. The maximum absolute atomic E-state index is 10.5. The summed E-state index contributed by atoms with van der Waals surface area (Å²) >= 11 is 9.77. The SMILES string of the molecule is CC(O)(c1ccc(I)cc1)c1sccc1Cl. The van der Waals surface area contributed by atoms with Crippen LogP contribution in [0, 0.1) is 3.57 Å². The molecule has 84 valence electrons. The molecule has 0 fully saturated rings. The molecule has 1 aromatic heterocycles. The van der Waals surface area contributed by atoms with Crippen LogP contribution < -0.4 is 0 Å². The second-order valence-electron chi connectivity index (χ2n) is 3.68. The van der Waals surface area contributed by atoms with Crippen LogP contribution in [0.1, 0.15) is 17.4 Å². The number of thiophene rings is 1. The van der Waals surface area contributed by atoms with Crippen LogP contribution in [0.3, 0.4) is 0 Å². The smallest absolute Gasteiger partial charge is 0.122 e. The molecule has 0 spiro atoms. The number of hydrogen-bond donors (Lipinski definition) is 1. The number of benzene rings is 1. The van der Waals surface area contributed by atoms with E-state index in [0.29, 0.717) is 5.02 Å². The molecule has 16 heavy (non-hydrogen) atoms. The first-order valence-electron chi connectivity index (χ1n) is 4.73. The predicted molar refractivity (Wildman–Crippen MR) is 77.2 cm³/mol. The summed E-state index contributed by atoms with van der Waals surface area (Å²) < 4.78 is 1.15. The van der Waals surface area contributed by atoms with E-state index in [1.165, 1.54) is 11.3 Å². The topological polar surface area (TPSA) is 20.2 Å². The zero-order chi connectivity index (χ0) is 11.8. The molecule has 2 aromatic rings. The van der Waals surface area contributed by atoms with Gasteiger partial charge in [0.15, 0.2) is 0 Å². The summed E-state index contributed by atoms with van der Waals surface area (Å²) in [7, 11) is 0. The van der Waals surface area contributed by atoms with Gasteiger partial charge in [-0.3, -0.25) is 0 Å². The lowest BCUT2D eigenvalue weighted by Gasteiger charge is -2.23. The molecule has 1 N–H and O–H groups in total. The van der Waals surface area contributed by atoms with E-state index in [2.05, 4.69) is 22.6 Å². The van der Waals surface area contributed by atoms with Crippen molar-refractivity contribution in [3.05, 3.63) is 54.7 Å². The Morgan fingerprint density at radius 3 is 2.38 bits per heavy atom. The predicted octanol–water partition coefficient (Wildman–Crippen LogP) is 4.26. The van der Waals surface area contributed by atoms with E-state index in [4.69, 9.17) is 11.6 Å². The van der Waals surface area contributed by atoms with E-state index in [-0.39, 0.29) is 0 Å². The minimum atomic E-state index is -1.02. The molecule has 0 radical (unpaired) electrons. The summed E-state index contributed by atoms with van der Waals surface area (Å²) in [4.78, 5) is 0.787. The maximum atomic E-state index is 10.5. The molecular weight excluding hydrogens is 355 g/mol. The molecule has 1 unspecified atom stereocenters. The number of rotatable bonds is 2. The highest BCUT2D eigenvalue weighted by Gasteiger charge is 2.29. The fourth-order valence-electron chi connectivity index (χ4n) is 1.55. The number of aliphatic hydroxyl groups is 1. The molecule has 0 aliphatic rings. The van der Waals surface area contributed by atoms with E-state index in [1.54, 1.807) is 6.92 Å². The first kappa shape index (κ1) is 12.4. The highest BCUT2D eigenvalue weighted by atomic mass is 127. The van der Waals surface area contributed by atoms with Gasteiger partial charge in [0, 0.05) is 3.57 Å². The Balaban J connectivity index is 2.46. The van der Waals surface area contributed by atoms with E-state index in [0.717, 1.165) is 14.0 Å². The van der Waals surface area contributed by atoms with Crippen molar-refractivity contribution in [1.82, 2.24) is 0 Å². The van der Waals surface area contributed by atoms with Crippen molar-refractivity contribution in [2.45, 2.75) is 12.5 Å². The molecule has 1 heterocycles. The molecule has 1 nitrogen and oxygen atoms in total. The Labute approximate surface area is 117 Å². The minimum Gasteiger partial charge on any atom is -0.380 e. The van der Waals surface area contributed by atoms with Crippen molar-refractivity contribution in [2.75, 3.05) is 0 Å². The van der Waals surface area contributed by atoms with Gasteiger partial charge in [-0.25, -0.2) is 0 Å². The van der Waals surface area contributed by atoms with Gasteiger partial charge in [-0.05, 0) is 58.7 Å². The van der Waals surface area contributed by atoms with E-state index in [9.17, 15) is 5.11 Å². The summed E-state index contributed by atoms with van der Waals surface area (Å²) in [6, 6.07) is 9.62. The second kappa shape index (κ2) is 4.64. The minimum absolute atomic E-state index is 0.619. The highest BCUT2D eigenvalue weighted by Crippen LogP contribution is 2.37. The zero-order valence-electron chi connectivity index (χ0n) is 8.58. The monoisotopic (exact) mass is 364 g/mol. The summed E-state index contributed by atoms with van der Waals surface area (Å²) in [5, 5.41) is 13.0. The van der Waals surface area contributed by atoms with Gasteiger partial charge in [0.1, 0.15) is 5.60 Å². The largest absolute Gasteiger partial charge is 0.380 e. The van der Waals surface area contributed by atoms with Gasteiger partial charge in [-0.15, -0.1) is 11.3 Å². The molecule has 0 aliphatic carbocycles. The van der Waals surface area contributed by atoms with Crippen LogP contribution in [0.4, 0.5) is 0 Å². The summed E-state index contributed by atoms with van der Waals surface area (Å²) in [5.41, 5.74) is -0.160. The van der Waals surface area contributed by atoms with E-state index < -0.39 is 5.60 Å². The highest BCUT2D eigenvalue weighted by molar-refractivity contribution is 14.1. The van der Waals surface area contributed by atoms with Crippen molar-refractivity contribution in [3.63, 3.8) is 0 Å². The van der Waals surface area contributed by atoms with Gasteiger partial charge in [0.25, 0.3) is 0 Å². The maximum Gasteiger partial charge on any atom is 0.122 e. The van der Waals surface area contributed by atoms with Crippen molar-refractivity contribution in [1.29, 1.82) is 0 Å². The van der Waals surface area contributed by atoms with Crippen LogP contribution in [0.15, 0.2) is 35.7 Å². The molecule has 1 atom stereocenters. The van der Waals surface area contributed by atoms with Gasteiger partial charge < -0.3 is 5.11 Å². The third kappa shape index (κ3) is 2.27. The van der Waals surface area contributed by atoms with Crippen LogP contribution in [-0.4, -0.2) is 5.11 Å². The molecule has 0 amide bonds.